The van der Waals surface area contributed by atoms with Crippen LogP contribution in [0, 0.1) is 0 Å². The van der Waals surface area contributed by atoms with Crippen molar-refractivity contribution in [3.63, 3.8) is 0 Å². The van der Waals surface area contributed by atoms with Gasteiger partial charge in [0.2, 0.25) is 0 Å². The van der Waals surface area contributed by atoms with E-state index in [0.717, 1.165) is 78.0 Å². The maximum atomic E-state index is 6.85. The zero-order valence-electron chi connectivity index (χ0n) is 32.5. The van der Waals surface area contributed by atoms with Crippen molar-refractivity contribution in [2.24, 2.45) is 0 Å². The Morgan fingerprint density at radius 3 is 1.75 bits per heavy atom. The third-order valence-electron chi connectivity index (χ3n) is 12.9. The summed E-state index contributed by atoms with van der Waals surface area (Å²) in [6, 6.07) is 76.6. The largest absolute Gasteiger partial charge is 0.457 e. The van der Waals surface area contributed by atoms with Crippen LogP contribution in [0.25, 0.3) is 65.7 Å². The van der Waals surface area contributed by atoms with Crippen LogP contribution < -0.4 is 9.64 Å². The van der Waals surface area contributed by atoms with Gasteiger partial charge in [-0.3, -0.25) is 0 Å². The molecule has 280 valence electrons. The number of para-hydroxylation sites is 2. The average molecular weight is 766 g/mol. The summed E-state index contributed by atoms with van der Waals surface area (Å²) in [7, 11) is 0. The van der Waals surface area contributed by atoms with Gasteiger partial charge in [-0.15, -0.1) is 0 Å². The molecular weight excluding hydrogens is 731 g/mol. The van der Waals surface area contributed by atoms with E-state index in [1.807, 2.05) is 12.1 Å². The van der Waals surface area contributed by atoms with E-state index in [-0.39, 0.29) is 0 Å². The minimum Gasteiger partial charge on any atom is -0.457 e. The lowest BCUT2D eigenvalue weighted by atomic mass is 9.66. The van der Waals surface area contributed by atoms with Gasteiger partial charge < -0.3 is 14.1 Å². The van der Waals surface area contributed by atoms with Crippen molar-refractivity contribution in [3.8, 4) is 33.8 Å². The number of anilines is 3. The van der Waals surface area contributed by atoms with Crippen molar-refractivity contribution < 1.29 is 9.15 Å². The summed E-state index contributed by atoms with van der Waals surface area (Å²) in [5.74, 6) is 1.77. The van der Waals surface area contributed by atoms with E-state index in [4.69, 9.17) is 9.15 Å². The highest BCUT2D eigenvalue weighted by molar-refractivity contribution is 6.18. The molecular formula is C57H35NO2. The molecule has 3 heteroatoms. The predicted octanol–water partition coefficient (Wildman–Crippen LogP) is 15.5. The van der Waals surface area contributed by atoms with E-state index in [1.54, 1.807) is 0 Å². The fourth-order valence-electron chi connectivity index (χ4n) is 10.4. The Balaban J connectivity index is 0.966. The zero-order chi connectivity index (χ0) is 39.4. The second kappa shape index (κ2) is 12.6. The molecule has 2 heterocycles. The number of benzene rings is 10. The molecule has 11 aromatic rings. The smallest absolute Gasteiger partial charge is 0.143 e. The average Bonchev–Trinajstić information content (AvgIpc) is 3.84. The SMILES string of the molecule is c1ccc2c(c1)Oc1cc(-c3ccc(N(c4cccc5ccccc45)c4cccc5c4ccc4c6ccccc6oc54)cc3)ccc1C21c2ccccc2-c2ccccc21. The summed E-state index contributed by atoms with van der Waals surface area (Å²) in [5, 5.41) is 6.84. The minimum absolute atomic E-state index is 0.481. The lowest BCUT2D eigenvalue weighted by Crippen LogP contribution is -2.32. The number of furan rings is 1. The first-order valence-corrected chi connectivity index (χ1v) is 20.6. The Hall–Kier alpha value is -7.88. The Kier molecular flexibility index (Phi) is 6.93. The highest BCUT2D eigenvalue weighted by Crippen LogP contribution is 2.62. The van der Waals surface area contributed by atoms with Gasteiger partial charge in [-0.05, 0) is 87.3 Å². The van der Waals surface area contributed by atoms with Crippen LogP contribution >= 0.6 is 0 Å². The zero-order valence-corrected chi connectivity index (χ0v) is 32.5. The highest BCUT2D eigenvalue weighted by Gasteiger charge is 2.50. The molecule has 10 aromatic carbocycles. The monoisotopic (exact) mass is 765 g/mol. The standard InChI is InChI=1S/C57H35NO2/c1-2-15-40-37(13-1)14-11-23-51(40)58(52-24-12-19-45-43(52)32-33-46-44-18-5-9-25-53(44)60-56(45)46)39-30-27-36(28-31-39)38-29-34-50-55(35-38)59-54-26-10-8-22-49(54)57(50)47-20-6-3-16-41(47)42-17-4-7-21-48(42)57/h1-35H. The van der Waals surface area contributed by atoms with Crippen LogP contribution in [0.15, 0.2) is 217 Å². The molecule has 1 aliphatic heterocycles. The summed E-state index contributed by atoms with van der Waals surface area (Å²) < 4.78 is 13.4. The number of fused-ring (bicyclic) bond motifs is 15. The van der Waals surface area contributed by atoms with Crippen LogP contribution in [0.1, 0.15) is 22.3 Å². The second-order valence-corrected chi connectivity index (χ2v) is 15.9. The van der Waals surface area contributed by atoms with Gasteiger partial charge in [-0.25, -0.2) is 0 Å². The molecule has 3 nitrogen and oxygen atoms in total. The molecule has 0 bridgehead atoms. The predicted molar refractivity (Wildman–Crippen MR) is 246 cm³/mol. The molecule has 0 amide bonds. The fraction of sp³-hybridized carbons (Fsp3) is 0.0175. The third-order valence-corrected chi connectivity index (χ3v) is 12.9. The van der Waals surface area contributed by atoms with E-state index >= 15 is 0 Å². The van der Waals surface area contributed by atoms with Gasteiger partial charge >= 0.3 is 0 Å². The van der Waals surface area contributed by atoms with Gasteiger partial charge in [-0.1, -0.05) is 164 Å². The molecule has 1 aromatic heterocycles. The molecule has 13 rings (SSSR count). The van der Waals surface area contributed by atoms with Crippen molar-refractivity contribution in [2.45, 2.75) is 5.41 Å². The lowest BCUT2D eigenvalue weighted by molar-refractivity contribution is 0.436. The number of nitrogens with zero attached hydrogens (tertiary/aromatic N) is 1. The lowest BCUT2D eigenvalue weighted by Gasteiger charge is -2.39. The number of ether oxygens (including phenoxy) is 1. The molecule has 0 atom stereocenters. The Bertz CT molecular complexity index is 3490. The number of rotatable bonds is 4. The van der Waals surface area contributed by atoms with Gasteiger partial charge in [-0.2, -0.15) is 0 Å². The van der Waals surface area contributed by atoms with Gasteiger partial charge in [0.25, 0.3) is 0 Å². The van der Waals surface area contributed by atoms with Crippen molar-refractivity contribution in [3.05, 3.63) is 235 Å². The first kappa shape index (κ1) is 33.1. The molecule has 60 heavy (non-hydrogen) atoms. The van der Waals surface area contributed by atoms with Gasteiger partial charge in [0.1, 0.15) is 22.7 Å². The quantitative estimate of drug-likeness (QED) is 0.178. The van der Waals surface area contributed by atoms with E-state index in [1.165, 1.54) is 38.6 Å². The number of hydrogen-bond acceptors (Lipinski definition) is 3. The maximum Gasteiger partial charge on any atom is 0.143 e. The van der Waals surface area contributed by atoms with Crippen molar-refractivity contribution in [2.75, 3.05) is 4.90 Å². The van der Waals surface area contributed by atoms with Gasteiger partial charge in [0.05, 0.1) is 16.8 Å². The Morgan fingerprint density at radius 2 is 0.933 bits per heavy atom. The molecule has 2 aliphatic rings. The minimum atomic E-state index is -0.481. The molecule has 0 radical (unpaired) electrons. The van der Waals surface area contributed by atoms with Crippen molar-refractivity contribution in [1.29, 1.82) is 0 Å². The summed E-state index contributed by atoms with van der Waals surface area (Å²) >= 11 is 0. The van der Waals surface area contributed by atoms with Gasteiger partial charge in [0, 0.05) is 43.7 Å². The van der Waals surface area contributed by atoms with Crippen LogP contribution in [0.2, 0.25) is 0 Å². The number of hydrogen-bond donors (Lipinski definition) is 0. The summed E-state index contributed by atoms with van der Waals surface area (Å²) in [6.07, 6.45) is 0. The van der Waals surface area contributed by atoms with E-state index in [9.17, 15) is 0 Å². The van der Waals surface area contributed by atoms with Crippen LogP contribution in [0.5, 0.6) is 11.5 Å². The Morgan fingerprint density at radius 1 is 0.367 bits per heavy atom. The molecule has 1 spiro atoms. The molecule has 0 unspecified atom stereocenters. The van der Waals surface area contributed by atoms with Gasteiger partial charge in [0.15, 0.2) is 0 Å². The second-order valence-electron chi connectivity index (χ2n) is 15.9. The first-order valence-electron chi connectivity index (χ1n) is 20.6. The summed E-state index contributed by atoms with van der Waals surface area (Å²) in [5.41, 5.74) is 14.3. The molecule has 0 saturated heterocycles. The summed E-state index contributed by atoms with van der Waals surface area (Å²) in [6.45, 7) is 0. The fourth-order valence-corrected chi connectivity index (χ4v) is 10.4. The normalized spacial score (nSPS) is 13.3. The van der Waals surface area contributed by atoms with E-state index in [2.05, 4.69) is 205 Å². The van der Waals surface area contributed by atoms with Crippen molar-refractivity contribution >= 4 is 60.5 Å². The van der Waals surface area contributed by atoms with E-state index in [0.29, 0.717) is 0 Å². The molecule has 1 aliphatic carbocycles. The highest BCUT2D eigenvalue weighted by atomic mass is 16.5. The molecule has 0 N–H and O–H groups in total. The van der Waals surface area contributed by atoms with Crippen LogP contribution in [0.3, 0.4) is 0 Å². The van der Waals surface area contributed by atoms with Crippen LogP contribution in [0.4, 0.5) is 17.1 Å². The maximum absolute atomic E-state index is 6.85. The topological polar surface area (TPSA) is 25.6 Å². The van der Waals surface area contributed by atoms with Crippen LogP contribution in [-0.4, -0.2) is 0 Å². The van der Waals surface area contributed by atoms with Crippen molar-refractivity contribution in [1.82, 2.24) is 0 Å². The Labute approximate surface area is 347 Å². The third kappa shape index (κ3) is 4.54. The van der Waals surface area contributed by atoms with Crippen LogP contribution in [-0.2, 0) is 5.41 Å². The summed E-state index contributed by atoms with van der Waals surface area (Å²) in [4.78, 5) is 2.40. The molecule has 0 saturated carbocycles. The molecule has 0 fully saturated rings. The van der Waals surface area contributed by atoms with E-state index < -0.39 is 5.41 Å². The first-order chi connectivity index (χ1) is 29.8.